The van der Waals surface area contributed by atoms with Crippen molar-refractivity contribution in [1.29, 1.82) is 0 Å². The predicted molar refractivity (Wildman–Crippen MR) is 114 cm³/mol. The van der Waals surface area contributed by atoms with Crippen LogP contribution in [-0.4, -0.2) is 126 Å². The van der Waals surface area contributed by atoms with Crippen LogP contribution in [-0.2, 0) is 28.4 Å². The number of halogens is 2. The van der Waals surface area contributed by atoms with Gasteiger partial charge in [-0.15, -0.1) is 34.0 Å². The summed E-state index contributed by atoms with van der Waals surface area (Å²) in [5.41, 5.74) is 0. The number of hydrogen-bond donors (Lipinski definition) is 4. The fourth-order valence-electron chi connectivity index (χ4n) is 1.34. The van der Waals surface area contributed by atoms with E-state index in [9.17, 15) is 0 Å². The lowest BCUT2D eigenvalue weighted by Gasteiger charge is -2.04. The molecule has 0 aliphatic heterocycles. The van der Waals surface area contributed by atoms with Crippen molar-refractivity contribution in [1.82, 2.24) is 0 Å². The van der Waals surface area contributed by atoms with E-state index in [1.807, 2.05) is 0 Å². The van der Waals surface area contributed by atoms with E-state index >= 15 is 0 Å². The zero-order valence-electron chi connectivity index (χ0n) is 16.4. The van der Waals surface area contributed by atoms with Crippen LogP contribution in [0.5, 0.6) is 0 Å². The summed E-state index contributed by atoms with van der Waals surface area (Å²) in [5.74, 6) is 0. The molecule has 28 heavy (non-hydrogen) atoms. The highest BCUT2D eigenvalue weighted by molar-refractivity contribution is 8.93. The fourth-order valence-corrected chi connectivity index (χ4v) is 1.34. The van der Waals surface area contributed by atoms with Crippen molar-refractivity contribution in [2.45, 2.75) is 0 Å². The molecule has 0 aliphatic carbocycles. The van der Waals surface area contributed by atoms with Gasteiger partial charge in [-0.05, 0) is 0 Å². The van der Waals surface area contributed by atoms with E-state index in [1.165, 1.54) is 0 Å². The van der Waals surface area contributed by atoms with Crippen molar-refractivity contribution in [2.24, 2.45) is 0 Å². The maximum atomic E-state index is 8.36. The van der Waals surface area contributed by atoms with E-state index in [-0.39, 0.29) is 60.4 Å². The van der Waals surface area contributed by atoms with Gasteiger partial charge in [0.05, 0.1) is 106 Å². The number of ether oxygens (including phenoxy) is 6. The van der Waals surface area contributed by atoms with Gasteiger partial charge in [0, 0.05) is 0 Å². The average molecular weight is 550 g/mol. The summed E-state index contributed by atoms with van der Waals surface area (Å²) in [7, 11) is 0. The van der Waals surface area contributed by atoms with E-state index < -0.39 is 0 Å². The first-order valence-corrected chi connectivity index (χ1v) is 8.73. The maximum Gasteiger partial charge on any atom is 0.0701 e. The molecule has 0 fully saturated rings. The molecule has 0 aromatic rings. The van der Waals surface area contributed by atoms with Crippen LogP contribution >= 0.6 is 34.0 Å². The molecular weight excluding hydrogens is 512 g/mol. The molecule has 0 unspecified atom stereocenters. The first-order chi connectivity index (χ1) is 12.8. The Morgan fingerprint density at radius 1 is 0.286 bits per heavy atom. The van der Waals surface area contributed by atoms with Crippen LogP contribution < -0.4 is 0 Å². The van der Waals surface area contributed by atoms with Gasteiger partial charge in [0.2, 0.25) is 0 Å². The van der Waals surface area contributed by atoms with Crippen molar-refractivity contribution in [3.8, 4) is 0 Å². The quantitative estimate of drug-likeness (QED) is 0.143. The predicted octanol–water partition coefficient (Wildman–Crippen LogP) is -0.803. The summed E-state index contributed by atoms with van der Waals surface area (Å²) in [6, 6.07) is 0. The summed E-state index contributed by atoms with van der Waals surface area (Å²) < 4.78 is 30.0. The van der Waals surface area contributed by atoms with Crippen molar-refractivity contribution in [3.05, 3.63) is 0 Å². The van der Waals surface area contributed by atoms with Crippen LogP contribution in [0.25, 0.3) is 0 Å². The van der Waals surface area contributed by atoms with Crippen LogP contribution in [0.15, 0.2) is 0 Å². The third-order valence-corrected chi connectivity index (χ3v) is 2.43. The van der Waals surface area contributed by atoms with Gasteiger partial charge < -0.3 is 48.8 Å². The molecule has 176 valence electrons. The third kappa shape index (κ3) is 41.0. The normalized spacial score (nSPS) is 9.86. The Morgan fingerprint density at radius 3 is 0.571 bits per heavy atom. The fraction of sp³-hybridized carbons (Fsp3) is 1.00. The van der Waals surface area contributed by atoms with Crippen LogP contribution in [0.4, 0.5) is 0 Å². The lowest BCUT2D eigenvalue weighted by molar-refractivity contribution is 0.00229. The summed E-state index contributed by atoms with van der Waals surface area (Å²) in [5, 5.41) is 33.4. The van der Waals surface area contributed by atoms with E-state index in [1.54, 1.807) is 0 Å². The lowest BCUT2D eigenvalue weighted by Crippen LogP contribution is -2.11. The second-order valence-corrected chi connectivity index (χ2v) is 4.57. The molecular formula is C16H38Br2O10. The van der Waals surface area contributed by atoms with Crippen LogP contribution in [0.2, 0.25) is 0 Å². The monoisotopic (exact) mass is 548 g/mol. The molecule has 0 radical (unpaired) electrons. The Kier molecular flexibility index (Phi) is 49.1. The molecule has 0 aromatic carbocycles. The highest BCUT2D eigenvalue weighted by Crippen LogP contribution is 1.81. The minimum atomic E-state index is 0. The second kappa shape index (κ2) is 38.2. The number of aliphatic hydroxyl groups is 4. The smallest absolute Gasteiger partial charge is 0.0701 e. The van der Waals surface area contributed by atoms with Crippen LogP contribution in [0.3, 0.4) is 0 Å². The molecule has 0 atom stereocenters. The molecule has 0 heterocycles. The molecule has 0 saturated heterocycles. The largest absolute Gasteiger partial charge is 0.394 e. The Labute approximate surface area is 188 Å². The highest BCUT2D eigenvalue weighted by Gasteiger charge is 1.91. The lowest BCUT2D eigenvalue weighted by atomic mass is 10.7. The highest BCUT2D eigenvalue weighted by atomic mass is 79.9. The number of hydrogen-bond acceptors (Lipinski definition) is 10. The molecule has 12 heteroatoms. The molecule has 4 N–H and O–H groups in total. The van der Waals surface area contributed by atoms with Gasteiger partial charge in [-0.3, -0.25) is 0 Å². The molecule has 0 amide bonds. The van der Waals surface area contributed by atoms with Crippen molar-refractivity contribution in [3.63, 3.8) is 0 Å². The van der Waals surface area contributed by atoms with Gasteiger partial charge in [0.15, 0.2) is 0 Å². The Bertz CT molecular complexity index is 190. The van der Waals surface area contributed by atoms with E-state index in [0.717, 1.165) is 0 Å². The van der Waals surface area contributed by atoms with Gasteiger partial charge in [-0.1, -0.05) is 0 Å². The zero-order valence-corrected chi connectivity index (χ0v) is 19.8. The Hall–Kier alpha value is 0.560. The van der Waals surface area contributed by atoms with Gasteiger partial charge >= 0.3 is 0 Å². The third-order valence-electron chi connectivity index (χ3n) is 2.43. The minimum Gasteiger partial charge on any atom is -0.394 e. The Balaban J connectivity index is -0.000000192. The molecule has 0 aliphatic rings. The van der Waals surface area contributed by atoms with E-state index in [2.05, 4.69) is 0 Å². The molecule has 0 saturated carbocycles. The number of rotatable bonds is 20. The summed E-state index contributed by atoms with van der Waals surface area (Å²) in [6.45, 7) is 5.53. The molecule has 10 nitrogen and oxygen atoms in total. The van der Waals surface area contributed by atoms with Crippen LogP contribution in [0, 0.1) is 0 Å². The van der Waals surface area contributed by atoms with Gasteiger partial charge in [0.1, 0.15) is 0 Å². The average Bonchev–Trinajstić information content (AvgIpc) is 2.66. The summed E-state index contributed by atoms with van der Waals surface area (Å²) >= 11 is 0. The SMILES string of the molecule is Br.Br.OCCOCCOCCOCCO.OCCOCCOCCOCCO. The minimum absolute atomic E-state index is 0. The van der Waals surface area contributed by atoms with Gasteiger partial charge in [0.25, 0.3) is 0 Å². The second-order valence-electron chi connectivity index (χ2n) is 4.57. The maximum absolute atomic E-state index is 8.36. The molecule has 0 spiro atoms. The van der Waals surface area contributed by atoms with E-state index in [4.69, 9.17) is 48.8 Å². The molecule has 0 aromatic heterocycles. The zero-order chi connectivity index (χ0) is 19.6. The van der Waals surface area contributed by atoms with Crippen LogP contribution in [0.1, 0.15) is 0 Å². The topological polar surface area (TPSA) is 136 Å². The van der Waals surface area contributed by atoms with Crippen molar-refractivity contribution in [2.75, 3.05) is 106 Å². The number of aliphatic hydroxyl groups excluding tert-OH is 4. The summed E-state index contributed by atoms with van der Waals surface area (Å²) in [4.78, 5) is 0. The van der Waals surface area contributed by atoms with Crippen molar-refractivity contribution >= 4 is 34.0 Å². The van der Waals surface area contributed by atoms with E-state index in [0.29, 0.717) is 79.3 Å². The van der Waals surface area contributed by atoms with Crippen molar-refractivity contribution < 1.29 is 48.8 Å². The summed E-state index contributed by atoms with van der Waals surface area (Å²) in [6.07, 6.45) is 0. The van der Waals surface area contributed by atoms with Gasteiger partial charge in [-0.2, -0.15) is 0 Å². The first-order valence-electron chi connectivity index (χ1n) is 8.73. The standard InChI is InChI=1S/2C8H18O5.2BrH/c2*9-1-3-11-5-7-13-8-6-12-4-2-10;;/h2*9-10H,1-8H2;2*1H. The first kappa shape index (κ1) is 36.0. The molecule has 0 bridgehead atoms. The van der Waals surface area contributed by atoms with Gasteiger partial charge in [-0.25, -0.2) is 0 Å². The molecule has 0 rings (SSSR count). The Morgan fingerprint density at radius 2 is 0.429 bits per heavy atom.